The number of rotatable bonds is 5. The van der Waals surface area contributed by atoms with E-state index >= 15 is 0 Å². The van der Waals surface area contributed by atoms with Gasteiger partial charge in [-0.05, 0) is 106 Å². The lowest BCUT2D eigenvalue weighted by Gasteiger charge is -2.25. The molecule has 256 valence electrons. The van der Waals surface area contributed by atoms with Crippen LogP contribution in [0.1, 0.15) is 0 Å². The number of anilines is 3. The van der Waals surface area contributed by atoms with Crippen LogP contribution < -0.4 is 4.90 Å². The van der Waals surface area contributed by atoms with Crippen LogP contribution in [0, 0.1) is 0 Å². The van der Waals surface area contributed by atoms with Crippen LogP contribution in [0.25, 0.3) is 88.0 Å². The van der Waals surface area contributed by atoms with E-state index < -0.39 is 0 Å². The first-order valence-corrected chi connectivity index (χ1v) is 18.9. The van der Waals surface area contributed by atoms with E-state index in [-0.39, 0.29) is 0 Å². The maximum absolute atomic E-state index is 2.48. The molecule has 0 radical (unpaired) electrons. The number of aromatic nitrogens is 2. The summed E-state index contributed by atoms with van der Waals surface area (Å²) in [5.41, 5.74) is 15.8. The van der Waals surface area contributed by atoms with Gasteiger partial charge in [-0.1, -0.05) is 121 Å². The third-order valence-corrected chi connectivity index (χ3v) is 11.6. The van der Waals surface area contributed by atoms with Gasteiger partial charge in [0.1, 0.15) is 0 Å². The quantitative estimate of drug-likeness (QED) is 0.174. The Morgan fingerprint density at radius 1 is 0.327 bits per heavy atom. The van der Waals surface area contributed by atoms with E-state index in [4.69, 9.17) is 0 Å². The van der Waals surface area contributed by atoms with Gasteiger partial charge in [0.2, 0.25) is 0 Å². The molecule has 0 saturated heterocycles. The molecule has 0 spiro atoms. The smallest absolute Gasteiger partial charge is 0.0625 e. The minimum absolute atomic E-state index is 1.12. The molecule has 0 atom stereocenters. The predicted octanol–water partition coefficient (Wildman–Crippen LogP) is 14.2. The maximum Gasteiger partial charge on any atom is 0.0625 e. The van der Waals surface area contributed by atoms with Gasteiger partial charge in [0.05, 0.1) is 22.1 Å². The van der Waals surface area contributed by atoms with Gasteiger partial charge >= 0.3 is 0 Å². The average molecular weight is 700 g/mol. The summed E-state index contributed by atoms with van der Waals surface area (Å²) in [6, 6.07) is 73.0. The van der Waals surface area contributed by atoms with Crippen LogP contribution in [0.3, 0.4) is 0 Å². The molecule has 0 saturated carbocycles. The fourth-order valence-corrected chi connectivity index (χ4v) is 9.33. The van der Waals surface area contributed by atoms with Gasteiger partial charge in [-0.2, -0.15) is 0 Å². The fraction of sp³-hybridized carbons (Fsp3) is 0. The molecule has 2 heterocycles. The van der Waals surface area contributed by atoms with Gasteiger partial charge in [0.15, 0.2) is 0 Å². The summed E-state index contributed by atoms with van der Waals surface area (Å²) in [5.74, 6) is 0. The van der Waals surface area contributed by atoms with Crippen molar-refractivity contribution < 1.29 is 0 Å². The first-order valence-electron chi connectivity index (χ1n) is 18.9. The highest BCUT2D eigenvalue weighted by molar-refractivity contribution is 6.24. The highest BCUT2D eigenvalue weighted by Gasteiger charge is 2.27. The Morgan fingerprint density at radius 3 is 1.58 bits per heavy atom. The van der Waals surface area contributed by atoms with Gasteiger partial charge in [-0.3, -0.25) is 0 Å². The van der Waals surface area contributed by atoms with E-state index in [0.717, 1.165) is 28.4 Å². The molecule has 0 aliphatic heterocycles. The van der Waals surface area contributed by atoms with Crippen LogP contribution in [0.2, 0.25) is 0 Å². The van der Waals surface area contributed by atoms with Gasteiger partial charge < -0.3 is 14.0 Å². The Bertz CT molecular complexity index is 3250. The monoisotopic (exact) mass is 699 g/mol. The molecular formula is C52H33N3. The van der Waals surface area contributed by atoms with E-state index in [1.54, 1.807) is 0 Å². The van der Waals surface area contributed by atoms with E-state index in [1.807, 2.05) is 0 Å². The summed E-state index contributed by atoms with van der Waals surface area (Å²) < 4.78 is 4.90. The van der Waals surface area contributed by atoms with Crippen molar-refractivity contribution in [2.75, 3.05) is 4.90 Å². The molecule has 0 bridgehead atoms. The Balaban J connectivity index is 1.04. The zero-order valence-electron chi connectivity index (χ0n) is 29.9. The number of nitrogens with zero attached hydrogens (tertiary/aromatic N) is 3. The lowest BCUT2D eigenvalue weighted by molar-refractivity contribution is 1.14. The number of para-hydroxylation sites is 4. The van der Waals surface area contributed by atoms with Gasteiger partial charge in [0.25, 0.3) is 0 Å². The predicted molar refractivity (Wildman–Crippen MR) is 232 cm³/mol. The van der Waals surface area contributed by atoms with Crippen molar-refractivity contribution >= 4 is 71.4 Å². The average Bonchev–Trinajstić information content (AvgIpc) is 3.89. The van der Waals surface area contributed by atoms with E-state index in [1.165, 1.54) is 76.6 Å². The summed E-state index contributed by atoms with van der Waals surface area (Å²) in [6.07, 6.45) is 0. The Kier molecular flexibility index (Phi) is 6.34. The maximum atomic E-state index is 2.48. The van der Waals surface area contributed by atoms with Crippen molar-refractivity contribution in [1.82, 2.24) is 9.13 Å². The second-order valence-corrected chi connectivity index (χ2v) is 14.5. The van der Waals surface area contributed by atoms with Crippen molar-refractivity contribution in [3.63, 3.8) is 0 Å². The van der Waals surface area contributed by atoms with Gasteiger partial charge in [-0.25, -0.2) is 0 Å². The van der Waals surface area contributed by atoms with Crippen LogP contribution in [-0.2, 0) is 0 Å². The Hall–Kier alpha value is -7.36. The Labute approximate surface area is 318 Å². The standard InChI is InChI=1S/C52H33N3/c1-3-15-35(16-4-1)53(36-17-5-2-6-18-36)39-29-32-49-46(33-39)41-20-8-9-23-47(41)54(49)37-25-27-38(28-26-37)55-48-24-10-7-19-40(48)44-31-30-43-42-21-11-13-34-14-12-22-45(50(34)42)51(43)52(44)55/h1-33H. The molecule has 0 N–H and O–H groups in total. The summed E-state index contributed by atoms with van der Waals surface area (Å²) in [5, 5.41) is 7.64. The van der Waals surface area contributed by atoms with Crippen molar-refractivity contribution in [3.05, 3.63) is 200 Å². The molecule has 3 heteroatoms. The molecule has 1 aliphatic carbocycles. The molecule has 9 aromatic carbocycles. The van der Waals surface area contributed by atoms with E-state index in [0.29, 0.717) is 0 Å². The molecule has 12 rings (SSSR count). The molecule has 0 unspecified atom stereocenters. The van der Waals surface area contributed by atoms with Gasteiger partial charge in [0, 0.05) is 55.5 Å². The lowest BCUT2D eigenvalue weighted by atomic mass is 10.0. The van der Waals surface area contributed by atoms with Crippen LogP contribution >= 0.6 is 0 Å². The molecule has 3 nitrogen and oxygen atoms in total. The third-order valence-electron chi connectivity index (χ3n) is 11.6. The van der Waals surface area contributed by atoms with Crippen molar-refractivity contribution in [2.24, 2.45) is 0 Å². The third kappa shape index (κ3) is 4.32. The topological polar surface area (TPSA) is 13.1 Å². The number of benzene rings is 9. The number of hydrogen-bond donors (Lipinski definition) is 0. The lowest BCUT2D eigenvalue weighted by Crippen LogP contribution is -2.09. The van der Waals surface area contributed by atoms with Crippen molar-refractivity contribution in [3.8, 4) is 33.6 Å². The Morgan fingerprint density at radius 2 is 0.891 bits per heavy atom. The first-order chi connectivity index (χ1) is 27.3. The van der Waals surface area contributed by atoms with Crippen LogP contribution in [0.5, 0.6) is 0 Å². The SMILES string of the molecule is c1ccc(N(c2ccccc2)c2ccc3c(c2)c2ccccc2n3-c2ccc(-n3c4ccccc4c4ccc5c(c43)-c3cccc4cccc-5c34)cc2)cc1. The molecule has 0 amide bonds. The summed E-state index contributed by atoms with van der Waals surface area (Å²) in [4.78, 5) is 2.34. The summed E-state index contributed by atoms with van der Waals surface area (Å²) >= 11 is 0. The summed E-state index contributed by atoms with van der Waals surface area (Å²) in [6.45, 7) is 0. The highest BCUT2D eigenvalue weighted by atomic mass is 15.1. The molecule has 2 aromatic heterocycles. The molecular weight excluding hydrogens is 667 g/mol. The van der Waals surface area contributed by atoms with Crippen molar-refractivity contribution in [2.45, 2.75) is 0 Å². The fourth-order valence-electron chi connectivity index (χ4n) is 9.33. The van der Waals surface area contributed by atoms with Crippen LogP contribution in [0.15, 0.2) is 200 Å². The largest absolute Gasteiger partial charge is 0.310 e. The zero-order valence-corrected chi connectivity index (χ0v) is 29.9. The normalized spacial score (nSPS) is 12.0. The minimum atomic E-state index is 1.12. The summed E-state index contributed by atoms with van der Waals surface area (Å²) in [7, 11) is 0. The second kappa shape index (κ2) is 11.6. The van der Waals surface area contributed by atoms with Crippen LogP contribution in [0.4, 0.5) is 17.1 Å². The number of hydrogen-bond acceptors (Lipinski definition) is 1. The van der Waals surface area contributed by atoms with E-state index in [2.05, 4.69) is 214 Å². The second-order valence-electron chi connectivity index (χ2n) is 14.5. The van der Waals surface area contributed by atoms with Gasteiger partial charge in [-0.15, -0.1) is 0 Å². The molecule has 1 aliphatic rings. The first kappa shape index (κ1) is 30.1. The minimum Gasteiger partial charge on any atom is -0.310 e. The van der Waals surface area contributed by atoms with Crippen LogP contribution in [-0.4, -0.2) is 9.13 Å². The van der Waals surface area contributed by atoms with E-state index in [9.17, 15) is 0 Å². The molecule has 11 aromatic rings. The zero-order chi connectivity index (χ0) is 36.0. The molecule has 0 fully saturated rings. The number of fused-ring (bicyclic) bond motifs is 10. The molecule has 55 heavy (non-hydrogen) atoms. The van der Waals surface area contributed by atoms with Crippen molar-refractivity contribution in [1.29, 1.82) is 0 Å². The highest BCUT2D eigenvalue weighted by Crippen LogP contribution is 2.52.